The average Bonchev–Trinajstić information content (AvgIpc) is 3.02. The van der Waals surface area contributed by atoms with Gasteiger partial charge in [0.25, 0.3) is 0 Å². The van der Waals surface area contributed by atoms with Gasteiger partial charge < -0.3 is 15.7 Å². The number of aliphatic hydroxyl groups excluding tert-OH is 1. The predicted molar refractivity (Wildman–Crippen MR) is 88.9 cm³/mol. The Labute approximate surface area is 136 Å². The summed E-state index contributed by atoms with van der Waals surface area (Å²) in [7, 11) is 0. The van der Waals surface area contributed by atoms with Crippen LogP contribution in [0.5, 0.6) is 0 Å². The zero-order chi connectivity index (χ0) is 15.4. The Bertz CT molecular complexity index is 465. The molecule has 0 aromatic carbocycles. The van der Waals surface area contributed by atoms with Crippen molar-refractivity contribution < 1.29 is 9.90 Å². The fourth-order valence-electron chi connectivity index (χ4n) is 3.70. The highest BCUT2D eigenvalue weighted by molar-refractivity contribution is 7.07. The molecule has 2 fully saturated rings. The van der Waals surface area contributed by atoms with E-state index in [2.05, 4.69) is 27.5 Å². The Morgan fingerprint density at radius 2 is 2.14 bits per heavy atom. The summed E-state index contributed by atoms with van der Waals surface area (Å²) in [6.45, 7) is 2.09. The van der Waals surface area contributed by atoms with Gasteiger partial charge in [0.15, 0.2) is 0 Å². The number of carbonyl (C=O) groups excluding carboxylic acids is 1. The molecule has 1 saturated carbocycles. The Morgan fingerprint density at radius 3 is 2.77 bits per heavy atom. The number of carbonyl (C=O) groups is 1. The molecule has 1 unspecified atom stereocenters. The van der Waals surface area contributed by atoms with E-state index in [4.69, 9.17) is 0 Å². The second-order valence-corrected chi connectivity index (χ2v) is 7.48. The molecule has 3 rings (SSSR count). The maximum Gasteiger partial charge on any atom is 0.220 e. The highest BCUT2D eigenvalue weighted by atomic mass is 32.1. The maximum absolute atomic E-state index is 12.3. The first-order chi connectivity index (χ1) is 10.7. The topological polar surface area (TPSA) is 61.4 Å². The van der Waals surface area contributed by atoms with E-state index in [0.717, 1.165) is 45.2 Å². The van der Waals surface area contributed by atoms with Gasteiger partial charge in [-0.2, -0.15) is 11.3 Å². The smallest absolute Gasteiger partial charge is 0.220 e. The predicted octanol–water partition coefficient (Wildman–Crippen LogP) is 1.94. The van der Waals surface area contributed by atoms with Crippen LogP contribution in [0.15, 0.2) is 16.8 Å². The number of amides is 1. The van der Waals surface area contributed by atoms with Crippen LogP contribution >= 0.6 is 11.3 Å². The molecule has 0 spiro atoms. The molecule has 0 radical (unpaired) electrons. The summed E-state index contributed by atoms with van der Waals surface area (Å²) >= 11 is 1.68. The molecule has 2 heterocycles. The van der Waals surface area contributed by atoms with Gasteiger partial charge in [-0.25, -0.2) is 0 Å². The van der Waals surface area contributed by atoms with Gasteiger partial charge in [-0.3, -0.25) is 4.79 Å². The molecule has 5 heteroatoms. The van der Waals surface area contributed by atoms with Crippen LogP contribution in [-0.2, 0) is 11.2 Å². The molecule has 1 aromatic rings. The van der Waals surface area contributed by atoms with E-state index in [1.54, 1.807) is 11.3 Å². The summed E-state index contributed by atoms with van der Waals surface area (Å²) < 4.78 is 0. The lowest BCUT2D eigenvalue weighted by molar-refractivity contribution is -0.123. The van der Waals surface area contributed by atoms with Gasteiger partial charge in [-0.05, 0) is 79.4 Å². The first-order valence-electron chi connectivity index (χ1n) is 8.41. The van der Waals surface area contributed by atoms with Crippen LogP contribution in [0.3, 0.4) is 0 Å². The molecule has 1 saturated heterocycles. The van der Waals surface area contributed by atoms with E-state index in [9.17, 15) is 9.90 Å². The van der Waals surface area contributed by atoms with E-state index in [0.29, 0.717) is 18.3 Å². The summed E-state index contributed by atoms with van der Waals surface area (Å²) in [6, 6.07) is 2.34. The number of rotatable bonds is 6. The Morgan fingerprint density at radius 1 is 1.36 bits per heavy atom. The zero-order valence-corrected chi connectivity index (χ0v) is 13.8. The molecule has 4 nitrogen and oxygen atoms in total. The van der Waals surface area contributed by atoms with Crippen LogP contribution in [0.1, 0.15) is 37.7 Å². The maximum atomic E-state index is 12.3. The zero-order valence-electron chi connectivity index (χ0n) is 13.0. The molecule has 1 aromatic heterocycles. The number of thiophene rings is 1. The summed E-state index contributed by atoms with van der Waals surface area (Å²) in [5.74, 6) is 1.18. The lowest BCUT2D eigenvalue weighted by Crippen LogP contribution is -2.52. The van der Waals surface area contributed by atoms with E-state index < -0.39 is 0 Å². The van der Waals surface area contributed by atoms with E-state index in [-0.39, 0.29) is 18.1 Å². The van der Waals surface area contributed by atoms with Gasteiger partial charge in [0, 0.05) is 12.5 Å². The molecular weight excluding hydrogens is 296 g/mol. The quantitative estimate of drug-likeness (QED) is 0.750. The van der Waals surface area contributed by atoms with Crippen LogP contribution < -0.4 is 10.6 Å². The van der Waals surface area contributed by atoms with Gasteiger partial charge >= 0.3 is 0 Å². The molecule has 122 valence electrons. The largest absolute Gasteiger partial charge is 0.393 e. The summed E-state index contributed by atoms with van der Waals surface area (Å²) in [5, 5.41) is 20.5. The minimum absolute atomic E-state index is 0.156. The van der Waals surface area contributed by atoms with Gasteiger partial charge in [-0.15, -0.1) is 0 Å². The van der Waals surface area contributed by atoms with Crippen molar-refractivity contribution in [3.05, 3.63) is 22.4 Å². The van der Waals surface area contributed by atoms with Crippen molar-refractivity contribution in [1.29, 1.82) is 0 Å². The van der Waals surface area contributed by atoms with E-state index in [1.165, 1.54) is 5.56 Å². The van der Waals surface area contributed by atoms with Crippen molar-refractivity contribution >= 4 is 17.2 Å². The van der Waals surface area contributed by atoms with Crippen LogP contribution in [0, 0.1) is 11.8 Å². The molecule has 22 heavy (non-hydrogen) atoms. The Kier molecular flexibility index (Phi) is 5.50. The standard InChI is InChI=1S/C17H26N2O2S/c20-15-9-14(10-15)17(13-3-6-18-7-4-13)19-16(21)2-1-12-5-8-22-11-12/h5,8,11,13-15,17-18,20H,1-4,6-7,9-10H2,(H,19,21). The van der Waals surface area contributed by atoms with Crippen molar-refractivity contribution in [1.82, 2.24) is 10.6 Å². The third-order valence-electron chi connectivity index (χ3n) is 5.10. The van der Waals surface area contributed by atoms with Gasteiger partial charge in [0.2, 0.25) is 5.91 Å². The number of aryl methyl sites for hydroxylation is 1. The number of hydrogen-bond donors (Lipinski definition) is 3. The lowest BCUT2D eigenvalue weighted by atomic mass is 9.71. The van der Waals surface area contributed by atoms with Crippen LogP contribution in [0.2, 0.25) is 0 Å². The normalized spacial score (nSPS) is 27.1. The molecule has 1 atom stereocenters. The third-order valence-corrected chi connectivity index (χ3v) is 5.83. The number of aliphatic hydroxyl groups is 1. The molecule has 0 bridgehead atoms. The fraction of sp³-hybridized carbons (Fsp3) is 0.706. The second kappa shape index (κ2) is 7.57. The van der Waals surface area contributed by atoms with Gasteiger partial charge in [0.1, 0.15) is 0 Å². The lowest BCUT2D eigenvalue weighted by Gasteiger charge is -2.43. The van der Waals surface area contributed by atoms with Gasteiger partial charge in [-0.1, -0.05) is 0 Å². The Balaban J connectivity index is 1.53. The van der Waals surface area contributed by atoms with Crippen molar-refractivity contribution in [2.75, 3.05) is 13.1 Å². The molecule has 1 aliphatic carbocycles. The average molecular weight is 322 g/mol. The molecule has 1 amide bonds. The minimum atomic E-state index is -0.156. The van der Waals surface area contributed by atoms with Gasteiger partial charge in [0.05, 0.1) is 6.10 Å². The molecule has 1 aliphatic heterocycles. The minimum Gasteiger partial charge on any atom is -0.393 e. The van der Waals surface area contributed by atoms with Crippen molar-refractivity contribution in [3.8, 4) is 0 Å². The van der Waals surface area contributed by atoms with Crippen molar-refractivity contribution in [2.24, 2.45) is 11.8 Å². The molecule has 2 aliphatic rings. The highest BCUT2D eigenvalue weighted by Gasteiger charge is 2.38. The molecule has 3 N–H and O–H groups in total. The van der Waals surface area contributed by atoms with Crippen molar-refractivity contribution in [3.63, 3.8) is 0 Å². The van der Waals surface area contributed by atoms with Crippen LogP contribution in [0.4, 0.5) is 0 Å². The van der Waals surface area contributed by atoms with Crippen LogP contribution in [0.25, 0.3) is 0 Å². The number of piperidine rings is 1. The fourth-order valence-corrected chi connectivity index (χ4v) is 4.40. The first-order valence-corrected chi connectivity index (χ1v) is 9.36. The third kappa shape index (κ3) is 4.09. The second-order valence-electron chi connectivity index (χ2n) is 6.70. The van der Waals surface area contributed by atoms with E-state index >= 15 is 0 Å². The van der Waals surface area contributed by atoms with Crippen LogP contribution in [-0.4, -0.2) is 36.2 Å². The molecular formula is C17H26N2O2S. The van der Waals surface area contributed by atoms with E-state index in [1.807, 2.05) is 0 Å². The summed E-state index contributed by atoms with van der Waals surface area (Å²) in [4.78, 5) is 12.3. The highest BCUT2D eigenvalue weighted by Crippen LogP contribution is 2.35. The summed E-state index contributed by atoms with van der Waals surface area (Å²) in [6.07, 6.45) is 5.18. The first kappa shape index (κ1) is 16.0. The number of nitrogens with one attached hydrogen (secondary N) is 2. The van der Waals surface area contributed by atoms with Crippen molar-refractivity contribution in [2.45, 2.75) is 50.7 Å². The Hall–Kier alpha value is -0.910. The SMILES string of the molecule is O=C(CCc1ccsc1)NC(C1CCNCC1)C1CC(O)C1. The number of hydrogen-bond acceptors (Lipinski definition) is 4. The summed E-state index contributed by atoms with van der Waals surface area (Å²) in [5.41, 5.74) is 1.25. The monoisotopic (exact) mass is 322 g/mol.